The van der Waals surface area contributed by atoms with Crippen LogP contribution in [0.2, 0.25) is 0 Å². The van der Waals surface area contributed by atoms with Gasteiger partial charge in [0.25, 0.3) is 0 Å². The predicted octanol–water partition coefficient (Wildman–Crippen LogP) is 4.18. The first-order valence-electron chi connectivity index (χ1n) is 10.2. The van der Waals surface area contributed by atoms with E-state index < -0.39 is 17.3 Å². The van der Waals surface area contributed by atoms with E-state index in [9.17, 15) is 24.2 Å². The molecule has 4 rings (SSSR count). The number of carboxylic acids is 1. The topological polar surface area (TPSA) is 119 Å². The van der Waals surface area contributed by atoms with E-state index in [-0.39, 0.29) is 35.4 Å². The van der Waals surface area contributed by atoms with Gasteiger partial charge in [0.05, 0.1) is 42.0 Å². The van der Waals surface area contributed by atoms with Crippen LogP contribution >= 0.6 is 0 Å². The van der Waals surface area contributed by atoms with Gasteiger partial charge in [0, 0.05) is 23.1 Å². The number of methoxy groups -OCH3 is 1. The first-order chi connectivity index (χ1) is 15.8. The van der Waals surface area contributed by atoms with Crippen molar-refractivity contribution in [3.8, 4) is 28.5 Å². The number of aromatic carboxylic acids is 1. The molecular formula is C24H21FN2O6. The summed E-state index contributed by atoms with van der Waals surface area (Å²) >= 11 is 0. The number of ketones is 1. The van der Waals surface area contributed by atoms with Crippen LogP contribution in [0.5, 0.6) is 17.2 Å². The molecule has 1 saturated carbocycles. The van der Waals surface area contributed by atoms with Gasteiger partial charge in [-0.15, -0.1) is 0 Å². The lowest BCUT2D eigenvalue weighted by atomic mass is 10.0. The number of ether oxygens (including phenoxy) is 2. The molecule has 0 bridgehead atoms. The summed E-state index contributed by atoms with van der Waals surface area (Å²) in [5.41, 5.74) is 1.32. The molecular weight excluding hydrogens is 431 g/mol. The van der Waals surface area contributed by atoms with Crippen LogP contribution in [0.1, 0.15) is 44.8 Å². The average Bonchev–Trinajstić information content (AvgIpc) is 3.65. The van der Waals surface area contributed by atoms with Crippen molar-refractivity contribution in [3.63, 3.8) is 0 Å². The zero-order valence-corrected chi connectivity index (χ0v) is 18.0. The van der Waals surface area contributed by atoms with Gasteiger partial charge in [-0.25, -0.2) is 9.18 Å². The van der Waals surface area contributed by atoms with Gasteiger partial charge in [-0.1, -0.05) is 0 Å². The Morgan fingerprint density at radius 2 is 1.88 bits per heavy atom. The number of rotatable bonds is 8. The van der Waals surface area contributed by atoms with Gasteiger partial charge in [-0.3, -0.25) is 14.8 Å². The van der Waals surface area contributed by atoms with E-state index in [2.05, 4.69) is 9.97 Å². The zero-order chi connectivity index (χ0) is 23.7. The third kappa shape index (κ3) is 4.48. The number of carbonyl (C=O) groups is 2. The highest BCUT2D eigenvalue weighted by atomic mass is 19.1. The number of hydrogen-bond donors (Lipinski definition) is 2. The molecule has 3 aromatic rings. The van der Waals surface area contributed by atoms with Crippen LogP contribution < -0.4 is 9.47 Å². The summed E-state index contributed by atoms with van der Waals surface area (Å²) in [4.78, 5) is 32.1. The Balaban J connectivity index is 1.51. The minimum atomic E-state index is -1.40. The molecule has 2 aromatic carbocycles. The van der Waals surface area contributed by atoms with Crippen molar-refractivity contribution in [1.82, 2.24) is 9.97 Å². The Morgan fingerprint density at radius 1 is 1.12 bits per heavy atom. The van der Waals surface area contributed by atoms with Crippen LogP contribution in [0, 0.1) is 18.7 Å². The third-order valence-corrected chi connectivity index (χ3v) is 5.47. The van der Waals surface area contributed by atoms with Crippen molar-refractivity contribution >= 4 is 11.8 Å². The lowest BCUT2D eigenvalue weighted by Crippen LogP contribution is -2.05. The molecule has 0 atom stereocenters. The van der Waals surface area contributed by atoms with Gasteiger partial charge >= 0.3 is 5.97 Å². The number of halogens is 1. The maximum atomic E-state index is 13.9. The Kier molecular flexibility index (Phi) is 5.95. The lowest BCUT2D eigenvalue weighted by Gasteiger charge is -2.13. The highest BCUT2D eigenvalue weighted by molar-refractivity contribution is 6.02. The minimum absolute atomic E-state index is 0.00201. The Hall–Kier alpha value is -4.01. The number of benzene rings is 2. The molecule has 8 nitrogen and oxygen atoms in total. The molecule has 170 valence electrons. The quantitative estimate of drug-likeness (QED) is 0.489. The Labute approximate surface area is 188 Å². The molecule has 1 aliphatic rings. The number of phenolic OH excluding ortho intramolecular Hbond substituents is 1. The summed E-state index contributed by atoms with van der Waals surface area (Å²) in [6.07, 6.45) is 4.55. The Bertz CT molecular complexity index is 1240. The largest absolute Gasteiger partial charge is 0.507 e. The highest BCUT2D eigenvalue weighted by Crippen LogP contribution is 2.38. The number of Topliss-reactive ketones (excluding diaryl/α,β-unsaturated/α-hetero) is 1. The van der Waals surface area contributed by atoms with Gasteiger partial charge in [0.1, 0.15) is 29.7 Å². The van der Waals surface area contributed by atoms with Gasteiger partial charge in [0.15, 0.2) is 5.78 Å². The fourth-order valence-electron chi connectivity index (χ4n) is 3.41. The molecule has 0 radical (unpaired) electrons. The summed E-state index contributed by atoms with van der Waals surface area (Å²) in [5, 5.41) is 19.6. The van der Waals surface area contributed by atoms with Gasteiger partial charge in [-0.2, -0.15) is 0 Å². The number of aromatic hydroxyl groups is 1. The number of hydrogen-bond acceptors (Lipinski definition) is 7. The van der Waals surface area contributed by atoms with E-state index in [4.69, 9.17) is 9.47 Å². The van der Waals surface area contributed by atoms with Crippen LogP contribution in [-0.4, -0.2) is 39.0 Å². The van der Waals surface area contributed by atoms with Crippen LogP contribution in [-0.2, 0) is 6.61 Å². The van der Waals surface area contributed by atoms with Gasteiger partial charge in [-0.05, 0) is 38.0 Å². The van der Waals surface area contributed by atoms with Gasteiger partial charge < -0.3 is 19.7 Å². The van der Waals surface area contributed by atoms with Crippen molar-refractivity contribution < 1.29 is 33.7 Å². The summed E-state index contributed by atoms with van der Waals surface area (Å²) in [6.45, 7) is 1.72. The van der Waals surface area contributed by atoms with E-state index in [1.54, 1.807) is 19.1 Å². The third-order valence-electron chi connectivity index (χ3n) is 5.47. The standard InChI is InChI=1S/C24H21FN2O6/c1-12-20(6-5-15(22(12)28)23(29)13-3-4-13)33-11-14-9-27-19(10-26-14)17-7-16(24(30)31)18(25)8-21(17)32-2/h5-10,13,28H,3-4,11H2,1-2H3,(H,30,31). The molecule has 0 spiro atoms. The summed E-state index contributed by atoms with van der Waals surface area (Å²) in [5.74, 6) is -1.90. The fourth-order valence-corrected chi connectivity index (χ4v) is 3.41. The molecule has 1 heterocycles. The zero-order valence-electron chi connectivity index (χ0n) is 18.0. The molecule has 0 aliphatic heterocycles. The smallest absolute Gasteiger partial charge is 0.338 e. The van der Waals surface area contributed by atoms with E-state index in [1.165, 1.54) is 19.5 Å². The maximum Gasteiger partial charge on any atom is 0.338 e. The van der Waals surface area contributed by atoms with Crippen molar-refractivity contribution in [1.29, 1.82) is 0 Å². The molecule has 1 aromatic heterocycles. The monoisotopic (exact) mass is 452 g/mol. The predicted molar refractivity (Wildman–Crippen MR) is 115 cm³/mol. The number of aromatic nitrogens is 2. The van der Waals surface area contributed by atoms with Crippen LogP contribution in [0.3, 0.4) is 0 Å². The van der Waals surface area contributed by atoms with Crippen molar-refractivity contribution in [3.05, 3.63) is 64.9 Å². The van der Waals surface area contributed by atoms with E-state index in [0.29, 0.717) is 28.3 Å². The number of carboxylic acid groups (broad SMARTS) is 1. The molecule has 2 N–H and O–H groups in total. The molecule has 1 aliphatic carbocycles. The molecule has 0 saturated heterocycles. The van der Waals surface area contributed by atoms with Crippen molar-refractivity contribution in [2.24, 2.45) is 5.92 Å². The molecule has 1 fully saturated rings. The first kappa shape index (κ1) is 22.2. The van der Waals surface area contributed by atoms with E-state index in [0.717, 1.165) is 25.0 Å². The van der Waals surface area contributed by atoms with Crippen LogP contribution in [0.4, 0.5) is 4.39 Å². The molecule has 0 unspecified atom stereocenters. The second kappa shape index (κ2) is 8.85. The molecule has 0 amide bonds. The number of nitrogens with zero attached hydrogens (tertiary/aromatic N) is 2. The minimum Gasteiger partial charge on any atom is -0.507 e. The summed E-state index contributed by atoms with van der Waals surface area (Å²) in [7, 11) is 1.34. The second-order valence-corrected chi connectivity index (χ2v) is 7.74. The number of phenols is 1. The summed E-state index contributed by atoms with van der Waals surface area (Å²) < 4.78 is 24.8. The van der Waals surface area contributed by atoms with Crippen molar-refractivity contribution in [2.75, 3.05) is 7.11 Å². The normalized spacial score (nSPS) is 12.9. The SMILES string of the molecule is COc1cc(F)c(C(=O)O)cc1-c1cnc(COc2ccc(C(=O)C3CC3)c(O)c2C)cn1. The average molecular weight is 452 g/mol. The van der Waals surface area contributed by atoms with Gasteiger partial charge in [0.2, 0.25) is 0 Å². The molecule has 9 heteroatoms. The summed E-state index contributed by atoms with van der Waals surface area (Å²) in [6, 6.07) is 5.34. The lowest BCUT2D eigenvalue weighted by molar-refractivity contribution is 0.0691. The van der Waals surface area contributed by atoms with E-state index in [1.807, 2.05) is 0 Å². The highest BCUT2D eigenvalue weighted by Gasteiger charge is 2.32. The first-order valence-corrected chi connectivity index (χ1v) is 10.2. The second-order valence-electron chi connectivity index (χ2n) is 7.74. The maximum absolute atomic E-state index is 13.9. The van der Waals surface area contributed by atoms with Crippen LogP contribution in [0.25, 0.3) is 11.3 Å². The van der Waals surface area contributed by atoms with E-state index >= 15 is 0 Å². The fraction of sp³-hybridized carbons (Fsp3) is 0.250. The van der Waals surface area contributed by atoms with Crippen LogP contribution in [0.15, 0.2) is 36.7 Å². The van der Waals surface area contributed by atoms with Crippen molar-refractivity contribution in [2.45, 2.75) is 26.4 Å². The molecule has 33 heavy (non-hydrogen) atoms. The number of carbonyl (C=O) groups excluding carboxylic acids is 1. The Morgan fingerprint density at radius 3 is 2.48 bits per heavy atom.